The van der Waals surface area contributed by atoms with Gasteiger partial charge in [0.2, 0.25) is 11.8 Å². The summed E-state index contributed by atoms with van der Waals surface area (Å²) in [7, 11) is 0. The Kier molecular flexibility index (Phi) is 6.72. The van der Waals surface area contributed by atoms with E-state index in [0.717, 1.165) is 6.42 Å². The predicted molar refractivity (Wildman–Crippen MR) is 63.4 cm³/mol. The second kappa shape index (κ2) is 7.22. The Hall–Kier alpha value is -1.10. The standard InChI is InChI=1S/C11H23N3O2/c1-7(2)4-9(6-12)5-10(15)14-8(3)11(13)16/h7-9H,4-6,12H2,1-3H3,(H2,13,16)(H,14,15). The first kappa shape index (κ1) is 14.9. The zero-order valence-corrected chi connectivity index (χ0v) is 10.3. The van der Waals surface area contributed by atoms with Gasteiger partial charge in [0.15, 0.2) is 0 Å². The van der Waals surface area contributed by atoms with Gasteiger partial charge in [-0.1, -0.05) is 13.8 Å². The highest BCUT2D eigenvalue weighted by atomic mass is 16.2. The minimum Gasteiger partial charge on any atom is -0.368 e. The lowest BCUT2D eigenvalue weighted by Crippen LogP contribution is -2.43. The fourth-order valence-corrected chi connectivity index (χ4v) is 1.56. The quantitative estimate of drug-likeness (QED) is 0.572. The summed E-state index contributed by atoms with van der Waals surface area (Å²) in [6.07, 6.45) is 1.27. The third-order valence-electron chi connectivity index (χ3n) is 2.42. The number of hydrogen-bond acceptors (Lipinski definition) is 3. The van der Waals surface area contributed by atoms with Crippen LogP contribution in [0.25, 0.3) is 0 Å². The van der Waals surface area contributed by atoms with Crippen LogP contribution in [0.15, 0.2) is 0 Å². The number of primary amides is 1. The van der Waals surface area contributed by atoms with Crippen LogP contribution in [-0.2, 0) is 9.59 Å². The van der Waals surface area contributed by atoms with E-state index in [1.807, 2.05) is 0 Å². The van der Waals surface area contributed by atoms with Crippen molar-refractivity contribution in [2.75, 3.05) is 6.54 Å². The molecule has 5 nitrogen and oxygen atoms in total. The number of rotatable bonds is 7. The first-order valence-corrected chi connectivity index (χ1v) is 5.65. The minimum atomic E-state index is -0.620. The first-order chi connectivity index (χ1) is 7.36. The van der Waals surface area contributed by atoms with Crippen LogP contribution in [0, 0.1) is 11.8 Å². The molecule has 0 aliphatic rings. The van der Waals surface area contributed by atoms with Crippen LogP contribution in [0.1, 0.15) is 33.6 Å². The summed E-state index contributed by atoms with van der Waals surface area (Å²) < 4.78 is 0. The van der Waals surface area contributed by atoms with E-state index in [9.17, 15) is 9.59 Å². The molecule has 16 heavy (non-hydrogen) atoms. The normalized spacial score (nSPS) is 14.6. The smallest absolute Gasteiger partial charge is 0.239 e. The zero-order chi connectivity index (χ0) is 12.7. The molecule has 0 aliphatic heterocycles. The van der Waals surface area contributed by atoms with Crippen LogP contribution in [0.5, 0.6) is 0 Å². The molecular formula is C11H23N3O2. The zero-order valence-electron chi connectivity index (χ0n) is 10.3. The summed E-state index contributed by atoms with van der Waals surface area (Å²) >= 11 is 0. The molecule has 0 heterocycles. The van der Waals surface area contributed by atoms with Gasteiger partial charge < -0.3 is 16.8 Å². The van der Waals surface area contributed by atoms with Gasteiger partial charge in [0, 0.05) is 6.42 Å². The number of carbonyl (C=O) groups is 2. The Morgan fingerprint density at radius 1 is 1.25 bits per heavy atom. The minimum absolute atomic E-state index is 0.164. The van der Waals surface area contributed by atoms with Crippen molar-refractivity contribution in [1.82, 2.24) is 5.32 Å². The van der Waals surface area contributed by atoms with Gasteiger partial charge >= 0.3 is 0 Å². The van der Waals surface area contributed by atoms with Crippen LogP contribution in [0.3, 0.4) is 0 Å². The van der Waals surface area contributed by atoms with E-state index in [-0.39, 0.29) is 11.8 Å². The van der Waals surface area contributed by atoms with Gasteiger partial charge in [0.1, 0.15) is 6.04 Å². The Morgan fingerprint density at radius 2 is 1.81 bits per heavy atom. The number of hydrogen-bond donors (Lipinski definition) is 3. The van der Waals surface area contributed by atoms with Gasteiger partial charge in [-0.05, 0) is 31.7 Å². The average Bonchev–Trinajstić information content (AvgIpc) is 2.15. The molecule has 0 aromatic carbocycles. The molecule has 0 saturated carbocycles. The van der Waals surface area contributed by atoms with Crippen molar-refractivity contribution < 1.29 is 9.59 Å². The molecular weight excluding hydrogens is 206 g/mol. The second-order valence-corrected chi connectivity index (χ2v) is 4.63. The molecule has 0 fully saturated rings. The third kappa shape index (κ3) is 6.40. The van der Waals surface area contributed by atoms with E-state index in [4.69, 9.17) is 11.5 Å². The lowest BCUT2D eigenvalue weighted by Gasteiger charge is -2.17. The van der Waals surface area contributed by atoms with Gasteiger partial charge in [0.25, 0.3) is 0 Å². The molecule has 2 unspecified atom stereocenters. The van der Waals surface area contributed by atoms with Crippen LogP contribution in [0.2, 0.25) is 0 Å². The second-order valence-electron chi connectivity index (χ2n) is 4.63. The van der Waals surface area contributed by atoms with E-state index in [1.165, 1.54) is 0 Å². The molecule has 0 spiro atoms. The molecule has 94 valence electrons. The fourth-order valence-electron chi connectivity index (χ4n) is 1.56. The molecule has 0 aliphatic carbocycles. The van der Waals surface area contributed by atoms with Crippen molar-refractivity contribution in [2.24, 2.45) is 23.3 Å². The maximum atomic E-state index is 11.5. The summed E-state index contributed by atoms with van der Waals surface area (Å²) in [5, 5.41) is 2.55. The Morgan fingerprint density at radius 3 is 2.19 bits per heavy atom. The van der Waals surface area contributed by atoms with Gasteiger partial charge in [-0.25, -0.2) is 0 Å². The van der Waals surface area contributed by atoms with Crippen molar-refractivity contribution in [2.45, 2.75) is 39.7 Å². The number of nitrogens with two attached hydrogens (primary N) is 2. The molecule has 0 radical (unpaired) electrons. The summed E-state index contributed by atoms with van der Waals surface area (Å²) in [6.45, 7) is 6.23. The van der Waals surface area contributed by atoms with Gasteiger partial charge in [-0.2, -0.15) is 0 Å². The monoisotopic (exact) mass is 229 g/mol. The van der Waals surface area contributed by atoms with Crippen molar-refractivity contribution in [3.8, 4) is 0 Å². The molecule has 0 rings (SSSR count). The van der Waals surface area contributed by atoms with Crippen LogP contribution in [-0.4, -0.2) is 24.4 Å². The van der Waals surface area contributed by atoms with E-state index < -0.39 is 11.9 Å². The highest BCUT2D eigenvalue weighted by Gasteiger charge is 2.17. The van der Waals surface area contributed by atoms with Crippen molar-refractivity contribution in [1.29, 1.82) is 0 Å². The first-order valence-electron chi connectivity index (χ1n) is 5.65. The van der Waals surface area contributed by atoms with E-state index in [0.29, 0.717) is 18.9 Å². The maximum Gasteiger partial charge on any atom is 0.239 e. The molecule has 0 aromatic rings. The lowest BCUT2D eigenvalue weighted by atomic mass is 9.94. The molecule has 5 heteroatoms. The van der Waals surface area contributed by atoms with Crippen molar-refractivity contribution in [3.05, 3.63) is 0 Å². The highest BCUT2D eigenvalue weighted by molar-refractivity contribution is 5.86. The Bertz CT molecular complexity index is 241. The summed E-state index contributed by atoms with van der Waals surface area (Å²) in [5.41, 5.74) is 10.6. The molecule has 0 aromatic heterocycles. The van der Waals surface area contributed by atoms with Gasteiger partial charge in [-0.15, -0.1) is 0 Å². The molecule has 5 N–H and O–H groups in total. The third-order valence-corrected chi connectivity index (χ3v) is 2.42. The molecule has 2 atom stereocenters. The summed E-state index contributed by atoms with van der Waals surface area (Å²) in [4.78, 5) is 22.3. The van der Waals surface area contributed by atoms with E-state index in [2.05, 4.69) is 19.2 Å². The van der Waals surface area contributed by atoms with Crippen molar-refractivity contribution >= 4 is 11.8 Å². The van der Waals surface area contributed by atoms with Crippen LogP contribution in [0.4, 0.5) is 0 Å². The van der Waals surface area contributed by atoms with Crippen LogP contribution >= 0.6 is 0 Å². The van der Waals surface area contributed by atoms with Gasteiger partial charge in [0.05, 0.1) is 0 Å². The number of amides is 2. The molecule has 2 amide bonds. The largest absolute Gasteiger partial charge is 0.368 e. The Labute approximate surface area is 96.9 Å². The van der Waals surface area contributed by atoms with Gasteiger partial charge in [-0.3, -0.25) is 9.59 Å². The van der Waals surface area contributed by atoms with E-state index >= 15 is 0 Å². The lowest BCUT2D eigenvalue weighted by molar-refractivity contribution is -0.127. The Balaban J connectivity index is 4.05. The summed E-state index contributed by atoms with van der Waals surface area (Å²) in [6, 6.07) is -0.620. The predicted octanol–water partition coefficient (Wildman–Crippen LogP) is -0.0125. The van der Waals surface area contributed by atoms with Crippen molar-refractivity contribution in [3.63, 3.8) is 0 Å². The maximum absolute atomic E-state index is 11.5. The SMILES string of the molecule is CC(C)CC(CN)CC(=O)NC(C)C(N)=O. The average molecular weight is 229 g/mol. The van der Waals surface area contributed by atoms with Crippen LogP contribution < -0.4 is 16.8 Å². The van der Waals surface area contributed by atoms with E-state index in [1.54, 1.807) is 6.92 Å². The number of nitrogens with one attached hydrogen (secondary N) is 1. The fraction of sp³-hybridized carbons (Fsp3) is 0.818. The summed E-state index contributed by atoms with van der Waals surface area (Å²) in [5.74, 6) is -0.0149. The molecule has 0 bridgehead atoms. The topological polar surface area (TPSA) is 98.2 Å². The highest BCUT2D eigenvalue weighted by Crippen LogP contribution is 2.13. The molecule has 0 saturated heterocycles. The number of carbonyl (C=O) groups excluding carboxylic acids is 2.